The van der Waals surface area contributed by atoms with Crippen LogP contribution in [0, 0.1) is 0 Å². The van der Waals surface area contributed by atoms with Crippen LogP contribution >= 0.6 is 11.3 Å². The number of thiophene rings is 1. The number of aromatic nitrogens is 2. The van der Waals surface area contributed by atoms with Crippen LogP contribution in [0.4, 0.5) is 0 Å². The molecule has 0 bridgehead atoms. The summed E-state index contributed by atoms with van der Waals surface area (Å²) < 4.78 is 9.50. The summed E-state index contributed by atoms with van der Waals surface area (Å²) in [6.45, 7) is 3.71. The quantitative estimate of drug-likeness (QED) is 0.597. The molecule has 1 amide bonds. The van der Waals surface area contributed by atoms with Gasteiger partial charge in [-0.25, -0.2) is 9.78 Å². The molecule has 1 saturated heterocycles. The molecule has 2 N–H and O–H groups in total. The molecule has 1 aliphatic rings. The molecule has 1 unspecified atom stereocenters. The zero-order valence-corrected chi connectivity index (χ0v) is 18.6. The minimum absolute atomic E-state index is 0.0202. The van der Waals surface area contributed by atoms with Crippen molar-refractivity contribution in [2.24, 2.45) is 0 Å². The molecule has 3 rings (SSSR count). The highest BCUT2D eigenvalue weighted by atomic mass is 32.1. The van der Waals surface area contributed by atoms with Gasteiger partial charge in [-0.1, -0.05) is 6.92 Å². The van der Waals surface area contributed by atoms with E-state index in [0.29, 0.717) is 30.2 Å². The number of hydrogen-bond donors (Lipinski definition) is 2. The summed E-state index contributed by atoms with van der Waals surface area (Å²) in [6.07, 6.45) is 2.05. The Morgan fingerprint density at radius 2 is 2.06 bits per heavy atom. The second-order valence-corrected chi connectivity index (χ2v) is 8.34. The highest BCUT2D eigenvalue weighted by Crippen LogP contribution is 2.29. The number of fused-ring (bicyclic) bond motifs is 1. The first kappa shape index (κ1) is 22.9. The van der Waals surface area contributed by atoms with E-state index in [0.717, 1.165) is 30.7 Å². The predicted molar refractivity (Wildman–Crippen MR) is 114 cm³/mol. The van der Waals surface area contributed by atoms with Crippen molar-refractivity contribution in [1.29, 1.82) is 0 Å². The lowest BCUT2D eigenvalue weighted by atomic mass is 10.1. The third kappa shape index (κ3) is 5.28. The maximum atomic E-state index is 12.8. The summed E-state index contributed by atoms with van der Waals surface area (Å²) in [4.78, 5) is 58.5. The van der Waals surface area contributed by atoms with Gasteiger partial charge in [-0.15, -0.1) is 11.3 Å². The molecule has 10 nitrogen and oxygen atoms in total. The predicted octanol–water partition coefficient (Wildman–Crippen LogP) is 0.977. The molecule has 2 aromatic heterocycles. The number of methoxy groups -OCH3 is 2. The van der Waals surface area contributed by atoms with E-state index in [9.17, 15) is 19.2 Å². The van der Waals surface area contributed by atoms with Gasteiger partial charge in [0.25, 0.3) is 5.56 Å². The standard InChI is InChI=1S/C20H26N4O6S/c1-4-14(25)21-11-6-5-7-24(9-11)10-13-22-18(27)16-12(8-15(26)29-2)17(20(28)30-3)31-19(16)23-13/h11H,4-10H2,1-3H3,(H,21,25)(H,22,23,27). The van der Waals surface area contributed by atoms with Gasteiger partial charge in [0, 0.05) is 24.6 Å². The van der Waals surface area contributed by atoms with Crippen LogP contribution in [0.25, 0.3) is 10.2 Å². The van der Waals surface area contributed by atoms with Crippen molar-refractivity contribution in [2.45, 2.75) is 45.2 Å². The number of carbonyl (C=O) groups is 3. The largest absolute Gasteiger partial charge is 0.469 e. The SMILES string of the molecule is CCC(=O)NC1CCCN(Cc2nc3sc(C(=O)OC)c(CC(=O)OC)c3c(=O)[nH]2)C1. The Balaban J connectivity index is 1.88. The Labute approximate surface area is 182 Å². The first-order valence-electron chi connectivity index (χ1n) is 10.1. The first-order valence-corrected chi connectivity index (χ1v) is 10.9. The van der Waals surface area contributed by atoms with Crippen molar-refractivity contribution in [3.05, 3.63) is 26.6 Å². The summed E-state index contributed by atoms with van der Waals surface area (Å²) in [5.41, 5.74) is -0.155. The zero-order valence-electron chi connectivity index (χ0n) is 17.8. The molecular formula is C20H26N4O6S. The molecule has 0 saturated carbocycles. The minimum atomic E-state index is -0.631. The van der Waals surface area contributed by atoms with Crippen molar-refractivity contribution in [1.82, 2.24) is 20.2 Å². The van der Waals surface area contributed by atoms with Crippen LogP contribution in [-0.4, -0.2) is 66.1 Å². The summed E-state index contributed by atoms with van der Waals surface area (Å²) in [7, 11) is 2.48. The molecule has 1 atom stereocenters. The number of amides is 1. The van der Waals surface area contributed by atoms with E-state index in [1.807, 2.05) is 6.92 Å². The van der Waals surface area contributed by atoms with Gasteiger partial charge in [-0.05, 0) is 19.4 Å². The van der Waals surface area contributed by atoms with Gasteiger partial charge in [-0.3, -0.25) is 19.3 Å². The number of esters is 2. The lowest BCUT2D eigenvalue weighted by Gasteiger charge is -2.32. The number of ether oxygens (including phenoxy) is 2. The third-order valence-corrected chi connectivity index (χ3v) is 6.30. The van der Waals surface area contributed by atoms with Crippen molar-refractivity contribution >= 4 is 39.4 Å². The Kier molecular flexibility index (Phi) is 7.39. The van der Waals surface area contributed by atoms with E-state index >= 15 is 0 Å². The summed E-state index contributed by atoms with van der Waals surface area (Å²) in [5.74, 6) is -0.718. The van der Waals surface area contributed by atoms with Gasteiger partial charge in [-0.2, -0.15) is 0 Å². The molecule has 31 heavy (non-hydrogen) atoms. The molecule has 0 aliphatic carbocycles. The number of nitrogens with one attached hydrogen (secondary N) is 2. The number of aromatic amines is 1. The summed E-state index contributed by atoms with van der Waals surface area (Å²) in [5, 5.41) is 3.21. The number of hydrogen-bond acceptors (Lipinski definition) is 9. The zero-order chi connectivity index (χ0) is 22.5. The Morgan fingerprint density at radius 3 is 2.74 bits per heavy atom. The maximum absolute atomic E-state index is 12.8. The Morgan fingerprint density at radius 1 is 1.29 bits per heavy atom. The number of piperidine rings is 1. The number of nitrogens with zero attached hydrogens (tertiary/aromatic N) is 2. The Hall–Kier alpha value is -2.79. The number of H-pyrrole nitrogens is 1. The van der Waals surface area contributed by atoms with Crippen LogP contribution in [0.5, 0.6) is 0 Å². The lowest BCUT2D eigenvalue weighted by Crippen LogP contribution is -2.47. The van der Waals surface area contributed by atoms with Crippen LogP contribution in [0.1, 0.15) is 47.2 Å². The fourth-order valence-electron chi connectivity index (χ4n) is 3.69. The molecule has 3 heterocycles. The van der Waals surface area contributed by atoms with E-state index < -0.39 is 17.5 Å². The van der Waals surface area contributed by atoms with Crippen LogP contribution in [0.15, 0.2) is 4.79 Å². The van der Waals surface area contributed by atoms with Gasteiger partial charge in [0.2, 0.25) is 5.91 Å². The molecule has 0 radical (unpaired) electrons. The van der Waals surface area contributed by atoms with E-state index in [4.69, 9.17) is 9.47 Å². The highest BCUT2D eigenvalue weighted by Gasteiger charge is 2.26. The lowest BCUT2D eigenvalue weighted by molar-refractivity contribution is -0.139. The number of carbonyl (C=O) groups excluding carboxylic acids is 3. The molecule has 11 heteroatoms. The molecule has 168 valence electrons. The molecular weight excluding hydrogens is 424 g/mol. The summed E-state index contributed by atoms with van der Waals surface area (Å²) in [6, 6.07) is 0.0657. The van der Waals surface area contributed by atoms with Crippen molar-refractivity contribution in [3.63, 3.8) is 0 Å². The maximum Gasteiger partial charge on any atom is 0.348 e. The van der Waals surface area contributed by atoms with E-state index in [1.54, 1.807) is 0 Å². The molecule has 1 fully saturated rings. The van der Waals surface area contributed by atoms with Gasteiger partial charge in [0.1, 0.15) is 15.5 Å². The topological polar surface area (TPSA) is 131 Å². The Bertz CT molecular complexity index is 1050. The van der Waals surface area contributed by atoms with Crippen LogP contribution in [-0.2, 0) is 32.0 Å². The summed E-state index contributed by atoms with van der Waals surface area (Å²) >= 11 is 1.02. The van der Waals surface area contributed by atoms with Crippen molar-refractivity contribution in [3.8, 4) is 0 Å². The van der Waals surface area contributed by atoms with Crippen LogP contribution in [0.2, 0.25) is 0 Å². The minimum Gasteiger partial charge on any atom is -0.469 e. The second kappa shape index (κ2) is 10.0. The number of likely N-dealkylation sites (tertiary alicyclic amines) is 1. The smallest absolute Gasteiger partial charge is 0.348 e. The molecule has 2 aromatic rings. The monoisotopic (exact) mass is 450 g/mol. The van der Waals surface area contributed by atoms with Gasteiger partial charge in [0.05, 0.1) is 32.6 Å². The average Bonchev–Trinajstić information content (AvgIpc) is 3.11. The number of rotatable bonds is 7. The van der Waals surface area contributed by atoms with Gasteiger partial charge >= 0.3 is 11.9 Å². The first-order chi connectivity index (χ1) is 14.9. The van der Waals surface area contributed by atoms with E-state index in [-0.39, 0.29) is 34.2 Å². The van der Waals surface area contributed by atoms with Crippen LogP contribution < -0.4 is 10.9 Å². The van der Waals surface area contributed by atoms with Gasteiger partial charge in [0.15, 0.2) is 0 Å². The molecule has 0 aromatic carbocycles. The molecule has 1 aliphatic heterocycles. The fraction of sp³-hybridized carbons (Fsp3) is 0.550. The van der Waals surface area contributed by atoms with Crippen LogP contribution in [0.3, 0.4) is 0 Å². The van der Waals surface area contributed by atoms with Crippen molar-refractivity contribution in [2.75, 3.05) is 27.3 Å². The molecule has 0 spiro atoms. The van der Waals surface area contributed by atoms with E-state index in [2.05, 4.69) is 20.2 Å². The normalized spacial score (nSPS) is 16.8. The third-order valence-electron chi connectivity index (χ3n) is 5.19. The second-order valence-electron chi connectivity index (χ2n) is 7.34. The fourth-order valence-corrected chi connectivity index (χ4v) is 4.82. The average molecular weight is 451 g/mol. The van der Waals surface area contributed by atoms with Gasteiger partial charge < -0.3 is 19.8 Å². The highest BCUT2D eigenvalue weighted by molar-refractivity contribution is 7.20. The van der Waals surface area contributed by atoms with E-state index in [1.165, 1.54) is 14.2 Å². The van der Waals surface area contributed by atoms with Crippen molar-refractivity contribution < 1.29 is 23.9 Å².